The molecule has 0 radical (unpaired) electrons. The molecule has 1 fully saturated rings. The summed E-state index contributed by atoms with van der Waals surface area (Å²) in [6, 6.07) is 2.73. The van der Waals surface area contributed by atoms with Crippen LogP contribution < -0.4 is 0 Å². The van der Waals surface area contributed by atoms with E-state index in [-0.39, 0.29) is 50.1 Å². The Bertz CT molecular complexity index is 700. The first kappa shape index (κ1) is 18.6. The molecule has 1 aliphatic heterocycles. The van der Waals surface area contributed by atoms with Crippen molar-refractivity contribution in [1.82, 2.24) is 14.7 Å². The minimum atomic E-state index is -0.783. The fourth-order valence-corrected chi connectivity index (χ4v) is 2.53. The van der Waals surface area contributed by atoms with E-state index in [9.17, 15) is 23.2 Å². The van der Waals surface area contributed by atoms with Gasteiger partial charge in [-0.3, -0.25) is 14.4 Å². The standard InChI is InChI=1S/C17H19F2N3O3/c1-3-15(23)20(2)11-16(24)21-6-8-22(9-7-21)17(25)13-10-12(18)4-5-14(13)19/h3-5,10H,1,6-9,11H2,2H3. The van der Waals surface area contributed by atoms with E-state index in [1.165, 1.54) is 21.7 Å². The predicted molar refractivity (Wildman–Crippen MR) is 86.7 cm³/mol. The Morgan fingerprint density at radius 3 is 2.36 bits per heavy atom. The Labute approximate surface area is 144 Å². The Hall–Kier alpha value is -2.77. The molecule has 1 saturated heterocycles. The van der Waals surface area contributed by atoms with Crippen LogP contribution in [-0.4, -0.2) is 72.2 Å². The number of benzene rings is 1. The highest BCUT2D eigenvalue weighted by molar-refractivity contribution is 5.95. The van der Waals surface area contributed by atoms with Gasteiger partial charge in [-0.25, -0.2) is 8.78 Å². The molecule has 25 heavy (non-hydrogen) atoms. The summed E-state index contributed by atoms with van der Waals surface area (Å²) >= 11 is 0. The molecule has 3 amide bonds. The molecule has 0 spiro atoms. The van der Waals surface area contributed by atoms with E-state index in [1.54, 1.807) is 0 Å². The van der Waals surface area contributed by atoms with Crippen molar-refractivity contribution in [3.63, 3.8) is 0 Å². The largest absolute Gasteiger partial charge is 0.338 e. The summed E-state index contributed by atoms with van der Waals surface area (Å²) < 4.78 is 26.9. The molecule has 0 saturated carbocycles. The van der Waals surface area contributed by atoms with Crippen molar-refractivity contribution in [3.8, 4) is 0 Å². The van der Waals surface area contributed by atoms with Gasteiger partial charge in [-0.05, 0) is 24.3 Å². The van der Waals surface area contributed by atoms with Crippen LogP contribution in [0.2, 0.25) is 0 Å². The van der Waals surface area contributed by atoms with Gasteiger partial charge < -0.3 is 14.7 Å². The van der Waals surface area contributed by atoms with Crippen LogP contribution in [0.5, 0.6) is 0 Å². The molecule has 0 aromatic heterocycles. The number of nitrogens with zero attached hydrogens (tertiary/aromatic N) is 3. The zero-order valence-corrected chi connectivity index (χ0v) is 13.9. The molecule has 134 valence electrons. The van der Waals surface area contributed by atoms with Crippen LogP contribution in [0.15, 0.2) is 30.9 Å². The van der Waals surface area contributed by atoms with Crippen molar-refractivity contribution in [2.45, 2.75) is 0 Å². The molecule has 0 unspecified atom stereocenters. The number of carbonyl (C=O) groups excluding carboxylic acids is 3. The van der Waals surface area contributed by atoms with Crippen LogP contribution >= 0.6 is 0 Å². The third-order valence-corrected chi connectivity index (χ3v) is 4.00. The van der Waals surface area contributed by atoms with Crippen LogP contribution in [-0.2, 0) is 9.59 Å². The van der Waals surface area contributed by atoms with Gasteiger partial charge in [0, 0.05) is 33.2 Å². The van der Waals surface area contributed by atoms with E-state index >= 15 is 0 Å². The van der Waals surface area contributed by atoms with Gasteiger partial charge in [0.25, 0.3) is 5.91 Å². The van der Waals surface area contributed by atoms with Gasteiger partial charge in [0.1, 0.15) is 11.6 Å². The summed E-state index contributed by atoms with van der Waals surface area (Å²) in [6.45, 7) is 4.21. The second kappa shape index (κ2) is 7.87. The van der Waals surface area contributed by atoms with Crippen LogP contribution in [0.3, 0.4) is 0 Å². The van der Waals surface area contributed by atoms with Crippen molar-refractivity contribution in [2.24, 2.45) is 0 Å². The Morgan fingerprint density at radius 1 is 1.16 bits per heavy atom. The molecule has 0 bridgehead atoms. The van der Waals surface area contributed by atoms with Crippen LogP contribution in [0.25, 0.3) is 0 Å². The second-order valence-electron chi connectivity index (χ2n) is 5.70. The SMILES string of the molecule is C=CC(=O)N(C)CC(=O)N1CCN(C(=O)c2cc(F)ccc2F)CC1. The van der Waals surface area contributed by atoms with E-state index in [1.807, 2.05) is 0 Å². The minimum Gasteiger partial charge on any atom is -0.338 e. The molecule has 1 aromatic carbocycles. The lowest BCUT2D eigenvalue weighted by molar-refractivity contribution is -0.138. The van der Waals surface area contributed by atoms with Gasteiger partial charge in [0.05, 0.1) is 12.1 Å². The van der Waals surface area contributed by atoms with Crippen molar-refractivity contribution >= 4 is 17.7 Å². The maximum Gasteiger partial charge on any atom is 0.257 e. The number of halogens is 2. The van der Waals surface area contributed by atoms with Crippen molar-refractivity contribution in [2.75, 3.05) is 39.8 Å². The lowest BCUT2D eigenvalue weighted by Gasteiger charge is -2.35. The first-order chi connectivity index (χ1) is 11.8. The molecular weight excluding hydrogens is 332 g/mol. The van der Waals surface area contributed by atoms with Crippen LogP contribution in [0, 0.1) is 11.6 Å². The summed E-state index contributed by atoms with van der Waals surface area (Å²) in [7, 11) is 1.49. The maximum atomic E-state index is 13.7. The summed E-state index contributed by atoms with van der Waals surface area (Å²) in [5, 5.41) is 0. The van der Waals surface area contributed by atoms with Gasteiger partial charge in [-0.1, -0.05) is 6.58 Å². The topological polar surface area (TPSA) is 60.9 Å². The molecule has 1 heterocycles. The van der Waals surface area contributed by atoms with Gasteiger partial charge in [0.15, 0.2) is 0 Å². The molecule has 8 heteroatoms. The number of hydrogen-bond acceptors (Lipinski definition) is 3. The maximum absolute atomic E-state index is 13.7. The Morgan fingerprint density at radius 2 is 1.76 bits per heavy atom. The van der Waals surface area contributed by atoms with Crippen molar-refractivity contribution in [3.05, 3.63) is 48.1 Å². The van der Waals surface area contributed by atoms with E-state index < -0.39 is 17.5 Å². The van der Waals surface area contributed by atoms with Gasteiger partial charge >= 0.3 is 0 Å². The number of amides is 3. The minimum absolute atomic E-state index is 0.0860. The van der Waals surface area contributed by atoms with Gasteiger partial charge in [0.2, 0.25) is 11.8 Å². The fraction of sp³-hybridized carbons (Fsp3) is 0.353. The first-order valence-electron chi connectivity index (χ1n) is 7.73. The van der Waals surface area contributed by atoms with Gasteiger partial charge in [-0.15, -0.1) is 0 Å². The Balaban J connectivity index is 1.94. The molecule has 2 rings (SSSR count). The number of rotatable bonds is 4. The van der Waals surface area contributed by atoms with Crippen molar-refractivity contribution in [1.29, 1.82) is 0 Å². The average Bonchev–Trinajstić information content (AvgIpc) is 2.62. The fourth-order valence-electron chi connectivity index (χ4n) is 2.53. The third kappa shape index (κ3) is 4.40. The predicted octanol–water partition coefficient (Wildman–Crippen LogP) is 0.894. The smallest absolute Gasteiger partial charge is 0.257 e. The number of hydrogen-bond donors (Lipinski definition) is 0. The van der Waals surface area contributed by atoms with E-state index in [0.29, 0.717) is 0 Å². The number of carbonyl (C=O) groups is 3. The lowest BCUT2D eigenvalue weighted by atomic mass is 10.1. The average molecular weight is 351 g/mol. The second-order valence-corrected chi connectivity index (χ2v) is 5.70. The summed E-state index contributed by atoms with van der Waals surface area (Å²) in [6.07, 6.45) is 1.12. The Kier molecular flexibility index (Phi) is 5.84. The first-order valence-corrected chi connectivity index (χ1v) is 7.73. The van der Waals surface area contributed by atoms with E-state index in [0.717, 1.165) is 24.3 Å². The van der Waals surface area contributed by atoms with Crippen molar-refractivity contribution < 1.29 is 23.2 Å². The summed E-state index contributed by atoms with van der Waals surface area (Å²) in [5.41, 5.74) is -0.323. The lowest BCUT2D eigenvalue weighted by Crippen LogP contribution is -2.52. The van der Waals surface area contributed by atoms with Crippen LogP contribution in [0.1, 0.15) is 10.4 Å². The molecule has 0 aliphatic carbocycles. The molecule has 0 N–H and O–H groups in total. The van der Waals surface area contributed by atoms with Gasteiger partial charge in [-0.2, -0.15) is 0 Å². The zero-order valence-electron chi connectivity index (χ0n) is 13.9. The third-order valence-electron chi connectivity index (χ3n) is 4.00. The van der Waals surface area contributed by atoms with E-state index in [2.05, 4.69) is 6.58 Å². The molecule has 0 atom stereocenters. The number of likely N-dealkylation sites (N-methyl/N-ethyl adjacent to an activating group) is 1. The van der Waals surface area contributed by atoms with E-state index in [4.69, 9.17) is 0 Å². The normalized spacial score (nSPS) is 14.2. The quantitative estimate of drug-likeness (QED) is 0.757. The highest BCUT2D eigenvalue weighted by atomic mass is 19.1. The summed E-state index contributed by atoms with van der Waals surface area (Å²) in [5.74, 6) is -2.68. The zero-order chi connectivity index (χ0) is 18.6. The highest BCUT2D eigenvalue weighted by Gasteiger charge is 2.27. The molecule has 1 aromatic rings. The molecule has 1 aliphatic rings. The molecular formula is C17H19F2N3O3. The summed E-state index contributed by atoms with van der Waals surface area (Å²) in [4.78, 5) is 40.0. The monoisotopic (exact) mass is 351 g/mol. The van der Waals surface area contributed by atoms with Crippen LogP contribution in [0.4, 0.5) is 8.78 Å². The number of piperazine rings is 1. The highest BCUT2D eigenvalue weighted by Crippen LogP contribution is 2.14. The molecule has 6 nitrogen and oxygen atoms in total.